The third kappa shape index (κ3) is 4.11. The molecule has 7 nitrogen and oxygen atoms in total. The minimum absolute atomic E-state index is 0.0483. The second-order valence-electron chi connectivity index (χ2n) is 6.73. The lowest BCUT2D eigenvalue weighted by Crippen LogP contribution is -2.17. The molecule has 11 heteroatoms. The van der Waals surface area contributed by atoms with Crippen molar-refractivity contribution < 1.29 is 26.4 Å². The van der Waals surface area contributed by atoms with Gasteiger partial charge in [-0.25, -0.2) is 26.6 Å². The van der Waals surface area contributed by atoms with Crippen molar-refractivity contribution in [3.63, 3.8) is 0 Å². The van der Waals surface area contributed by atoms with Crippen LogP contribution in [0.3, 0.4) is 0 Å². The fraction of sp³-hybridized carbons (Fsp3) is 0. The molecule has 1 heterocycles. The average Bonchev–Trinajstić information content (AvgIpc) is 2.82. The normalized spacial score (nSPS) is 11.2. The molecular weight excluding hydrogens is 457 g/mol. The van der Waals surface area contributed by atoms with E-state index in [-0.39, 0.29) is 21.7 Å². The Hall–Kier alpha value is -4.30. The van der Waals surface area contributed by atoms with Gasteiger partial charge < -0.3 is 0 Å². The van der Waals surface area contributed by atoms with Gasteiger partial charge in [0.1, 0.15) is 6.07 Å². The summed E-state index contributed by atoms with van der Waals surface area (Å²) in [5.74, 6) is -6.25. The molecule has 0 saturated heterocycles. The summed E-state index contributed by atoms with van der Waals surface area (Å²) in [5.41, 5.74) is -2.14. The number of carbonyl (C=O) groups is 1. The Balaban J connectivity index is 1.80. The van der Waals surface area contributed by atoms with Crippen LogP contribution in [0, 0.1) is 28.8 Å². The van der Waals surface area contributed by atoms with Crippen LogP contribution in [0.4, 0.5) is 18.9 Å². The molecule has 0 radical (unpaired) electrons. The monoisotopic (exact) mass is 468 g/mol. The smallest absolute Gasteiger partial charge is 0.261 e. The molecule has 0 aliphatic carbocycles. The lowest BCUT2D eigenvalue weighted by Gasteiger charge is -2.13. The Labute approximate surface area is 185 Å². The number of nitrogens with one attached hydrogen (secondary N) is 1. The molecule has 0 bridgehead atoms. The van der Waals surface area contributed by atoms with E-state index >= 15 is 4.39 Å². The number of benzene rings is 3. The van der Waals surface area contributed by atoms with E-state index in [1.54, 1.807) is 12.1 Å². The molecule has 3 aromatic carbocycles. The van der Waals surface area contributed by atoms with E-state index in [4.69, 9.17) is 5.26 Å². The first-order valence-corrected chi connectivity index (χ1v) is 10.7. The number of halogens is 3. The second kappa shape index (κ2) is 8.33. The quantitative estimate of drug-likeness (QED) is 0.351. The Morgan fingerprint density at radius 1 is 0.970 bits per heavy atom. The summed E-state index contributed by atoms with van der Waals surface area (Å²) in [6.07, 6.45) is 1.21. The van der Waals surface area contributed by atoms with Gasteiger partial charge in [-0.1, -0.05) is 18.2 Å². The molecule has 0 atom stereocenters. The minimum atomic E-state index is -4.35. The van der Waals surface area contributed by atoms with Crippen molar-refractivity contribution in [2.24, 2.45) is 0 Å². The lowest BCUT2D eigenvalue weighted by molar-refractivity contribution is 0.103. The van der Waals surface area contributed by atoms with E-state index in [0.717, 1.165) is 6.07 Å². The molecule has 0 aliphatic heterocycles. The zero-order chi connectivity index (χ0) is 23.8. The first kappa shape index (κ1) is 21.9. The molecule has 4 aromatic rings. The summed E-state index contributed by atoms with van der Waals surface area (Å²) in [7, 11) is -4.35. The summed E-state index contributed by atoms with van der Waals surface area (Å²) in [5, 5.41) is 8.95. The van der Waals surface area contributed by atoms with E-state index < -0.39 is 44.5 Å². The number of ketones is 1. The summed E-state index contributed by atoms with van der Waals surface area (Å²) in [6, 6.07) is 12.6. The fourth-order valence-corrected chi connectivity index (χ4v) is 4.10. The van der Waals surface area contributed by atoms with Gasteiger partial charge in [-0.15, -0.1) is 0 Å². The number of anilines is 1. The lowest BCUT2D eigenvalue weighted by atomic mass is 10.0. The maximum Gasteiger partial charge on any atom is 0.261 e. The number of nitriles is 1. The van der Waals surface area contributed by atoms with Gasteiger partial charge in [-0.05, 0) is 30.3 Å². The number of hydrogen-bond acceptors (Lipinski definition) is 6. The number of fused-ring (bicyclic) bond motifs is 1. The van der Waals surface area contributed by atoms with Crippen LogP contribution >= 0.6 is 0 Å². The van der Waals surface area contributed by atoms with Crippen LogP contribution in [0.25, 0.3) is 11.0 Å². The van der Waals surface area contributed by atoms with Crippen molar-refractivity contribution in [3.8, 4) is 6.07 Å². The maximum absolute atomic E-state index is 15.1. The predicted octanol–water partition coefficient (Wildman–Crippen LogP) is 3.95. The van der Waals surface area contributed by atoms with E-state index in [1.807, 2.05) is 4.72 Å². The Kier molecular flexibility index (Phi) is 5.53. The molecule has 0 aliphatic rings. The van der Waals surface area contributed by atoms with Crippen molar-refractivity contribution in [1.82, 2.24) is 9.97 Å². The van der Waals surface area contributed by atoms with Crippen LogP contribution < -0.4 is 4.72 Å². The standard InChI is InChI=1S/C22H11F3N4O3S/c23-15-9-18(29-33(31,32)14-4-2-1-3-5-14)21(25)19(20(15)24)22(30)12-6-7-16-17(8-12)28-13(10-26)11-27-16/h1-9,11,29H. The first-order chi connectivity index (χ1) is 15.7. The Morgan fingerprint density at radius 3 is 2.39 bits per heavy atom. The van der Waals surface area contributed by atoms with E-state index in [2.05, 4.69) is 9.97 Å². The highest BCUT2D eigenvalue weighted by atomic mass is 32.2. The number of nitrogens with zero attached hydrogens (tertiary/aromatic N) is 3. The molecule has 0 fully saturated rings. The number of rotatable bonds is 5. The molecule has 0 unspecified atom stereocenters. The third-order valence-corrected chi connectivity index (χ3v) is 5.98. The van der Waals surface area contributed by atoms with Crippen LogP contribution in [-0.4, -0.2) is 24.2 Å². The third-order valence-electron chi connectivity index (χ3n) is 4.60. The van der Waals surface area contributed by atoms with Crippen LogP contribution in [-0.2, 0) is 10.0 Å². The summed E-state index contributed by atoms with van der Waals surface area (Å²) in [6.45, 7) is 0. The predicted molar refractivity (Wildman–Crippen MR) is 111 cm³/mol. The van der Waals surface area contributed by atoms with Crippen molar-refractivity contribution in [3.05, 3.63) is 95.1 Å². The number of hydrogen-bond donors (Lipinski definition) is 1. The highest BCUT2D eigenvalue weighted by Crippen LogP contribution is 2.28. The molecule has 0 saturated carbocycles. The molecule has 1 aromatic heterocycles. The van der Waals surface area contributed by atoms with Crippen LogP contribution in [0.5, 0.6) is 0 Å². The van der Waals surface area contributed by atoms with Crippen molar-refractivity contribution in [1.29, 1.82) is 5.26 Å². The zero-order valence-corrected chi connectivity index (χ0v) is 17.2. The molecule has 164 valence electrons. The average molecular weight is 468 g/mol. The van der Waals surface area contributed by atoms with Gasteiger partial charge in [-0.2, -0.15) is 5.26 Å². The number of carbonyl (C=O) groups excluding carboxylic acids is 1. The van der Waals surface area contributed by atoms with E-state index in [9.17, 15) is 22.0 Å². The molecule has 0 spiro atoms. The Morgan fingerprint density at radius 2 is 1.70 bits per heavy atom. The Bertz CT molecular complexity index is 1570. The molecule has 1 N–H and O–H groups in total. The van der Waals surface area contributed by atoms with E-state index in [0.29, 0.717) is 11.6 Å². The van der Waals surface area contributed by atoms with Crippen LogP contribution in [0.15, 0.2) is 65.7 Å². The fourth-order valence-electron chi connectivity index (χ4n) is 3.03. The SMILES string of the molecule is N#Cc1cnc2ccc(C(=O)c3c(F)c(F)cc(NS(=O)(=O)c4ccccc4)c3F)cc2n1. The van der Waals surface area contributed by atoms with Gasteiger partial charge >= 0.3 is 0 Å². The molecule has 0 amide bonds. The highest BCUT2D eigenvalue weighted by Gasteiger charge is 2.28. The van der Waals surface area contributed by atoms with Gasteiger partial charge in [0, 0.05) is 11.6 Å². The first-order valence-electron chi connectivity index (χ1n) is 9.18. The van der Waals surface area contributed by atoms with E-state index in [1.165, 1.54) is 42.6 Å². The number of aromatic nitrogens is 2. The van der Waals surface area contributed by atoms with Gasteiger partial charge in [0.15, 0.2) is 28.9 Å². The van der Waals surface area contributed by atoms with Gasteiger partial charge in [-0.3, -0.25) is 14.5 Å². The van der Waals surface area contributed by atoms with Gasteiger partial charge in [0.2, 0.25) is 0 Å². The topological polar surface area (TPSA) is 113 Å². The van der Waals surface area contributed by atoms with Gasteiger partial charge in [0.05, 0.1) is 33.4 Å². The zero-order valence-electron chi connectivity index (χ0n) is 16.4. The van der Waals surface area contributed by atoms with Crippen LogP contribution in [0.2, 0.25) is 0 Å². The maximum atomic E-state index is 15.1. The summed E-state index contributed by atoms with van der Waals surface area (Å²) in [4.78, 5) is 20.6. The summed E-state index contributed by atoms with van der Waals surface area (Å²) >= 11 is 0. The van der Waals surface area contributed by atoms with Crippen molar-refractivity contribution >= 4 is 32.5 Å². The van der Waals surface area contributed by atoms with Crippen LogP contribution in [0.1, 0.15) is 21.6 Å². The molecule has 33 heavy (non-hydrogen) atoms. The van der Waals surface area contributed by atoms with Crippen molar-refractivity contribution in [2.45, 2.75) is 4.90 Å². The molecule has 4 rings (SSSR count). The molecular formula is C22H11F3N4O3S. The van der Waals surface area contributed by atoms with Crippen molar-refractivity contribution in [2.75, 3.05) is 4.72 Å². The highest BCUT2D eigenvalue weighted by molar-refractivity contribution is 7.92. The van der Waals surface area contributed by atoms with Gasteiger partial charge in [0.25, 0.3) is 10.0 Å². The largest absolute Gasteiger partial charge is 0.288 e. The summed E-state index contributed by atoms with van der Waals surface area (Å²) < 4.78 is 70.6. The minimum Gasteiger partial charge on any atom is -0.288 e. The second-order valence-corrected chi connectivity index (χ2v) is 8.41. The number of sulfonamides is 1.